The molecule has 0 saturated heterocycles. The van der Waals surface area contributed by atoms with Crippen LogP contribution in [0.2, 0.25) is 0 Å². The Labute approximate surface area is 152 Å². The molecule has 3 rings (SSSR count). The molecule has 0 fully saturated rings. The van der Waals surface area contributed by atoms with Crippen molar-refractivity contribution < 1.29 is 27.1 Å². The Morgan fingerprint density at radius 2 is 2.00 bits per heavy atom. The summed E-state index contributed by atoms with van der Waals surface area (Å²) in [5.41, 5.74) is -1.54. The smallest absolute Gasteiger partial charge is 0.433 e. The number of halogens is 4. The van der Waals surface area contributed by atoms with Crippen LogP contribution in [-0.4, -0.2) is 26.5 Å². The zero-order chi connectivity index (χ0) is 20.0. The molecule has 0 saturated carbocycles. The van der Waals surface area contributed by atoms with Gasteiger partial charge < -0.3 is 10.1 Å². The summed E-state index contributed by atoms with van der Waals surface area (Å²) in [4.78, 5) is 15.0. The lowest BCUT2D eigenvalue weighted by atomic mass is 10.1. The molecule has 146 valence electrons. The van der Waals surface area contributed by atoms with Crippen molar-refractivity contribution in [2.45, 2.75) is 51.6 Å². The molecule has 27 heavy (non-hydrogen) atoms. The Hall–Kier alpha value is -2.65. The van der Waals surface area contributed by atoms with Crippen molar-refractivity contribution in [3.05, 3.63) is 35.5 Å². The fourth-order valence-electron chi connectivity index (χ4n) is 2.81. The van der Waals surface area contributed by atoms with E-state index in [1.807, 2.05) is 0 Å². The summed E-state index contributed by atoms with van der Waals surface area (Å²) < 4.78 is 59.3. The predicted octanol–water partition coefficient (Wildman–Crippen LogP) is 4.07. The highest BCUT2D eigenvalue weighted by atomic mass is 19.4. The van der Waals surface area contributed by atoms with Crippen molar-refractivity contribution in [3.63, 3.8) is 0 Å². The number of hydrogen-bond donors (Lipinski definition) is 1. The number of amides is 1. The molecule has 0 radical (unpaired) electrons. The van der Waals surface area contributed by atoms with Gasteiger partial charge in [-0.1, -0.05) is 0 Å². The highest BCUT2D eigenvalue weighted by molar-refractivity contribution is 5.69. The Morgan fingerprint density at radius 1 is 1.30 bits per heavy atom. The van der Waals surface area contributed by atoms with Crippen LogP contribution in [-0.2, 0) is 17.5 Å². The van der Waals surface area contributed by atoms with Gasteiger partial charge in [0.2, 0.25) is 0 Å². The first kappa shape index (κ1) is 19.1. The van der Waals surface area contributed by atoms with E-state index in [0.717, 1.165) is 0 Å². The summed E-state index contributed by atoms with van der Waals surface area (Å²) in [5, 5.41) is 6.87. The van der Waals surface area contributed by atoms with E-state index in [0.29, 0.717) is 30.9 Å². The molecule has 1 aliphatic heterocycles. The molecule has 0 aliphatic carbocycles. The van der Waals surface area contributed by atoms with Gasteiger partial charge in [0.05, 0.1) is 23.6 Å². The van der Waals surface area contributed by atoms with E-state index in [2.05, 4.69) is 15.4 Å². The van der Waals surface area contributed by atoms with Crippen molar-refractivity contribution in [2.75, 3.05) is 0 Å². The number of aryl methyl sites for hydroxylation is 1. The van der Waals surface area contributed by atoms with Crippen molar-refractivity contribution in [1.82, 2.24) is 20.1 Å². The Balaban J connectivity index is 1.86. The minimum atomic E-state index is -4.69. The monoisotopic (exact) mass is 386 g/mol. The summed E-state index contributed by atoms with van der Waals surface area (Å²) >= 11 is 0. The molecule has 2 aromatic rings. The van der Waals surface area contributed by atoms with Crippen LogP contribution in [0.5, 0.6) is 0 Å². The minimum Gasteiger partial charge on any atom is -0.444 e. The van der Waals surface area contributed by atoms with Crippen LogP contribution in [0.15, 0.2) is 18.3 Å². The van der Waals surface area contributed by atoms with E-state index in [-0.39, 0.29) is 11.3 Å². The molecule has 3 heterocycles. The summed E-state index contributed by atoms with van der Waals surface area (Å²) in [7, 11) is 0. The number of alkyl carbamates (subject to hydrolysis) is 1. The molecule has 1 atom stereocenters. The van der Waals surface area contributed by atoms with Gasteiger partial charge >= 0.3 is 12.3 Å². The van der Waals surface area contributed by atoms with Crippen LogP contribution in [0.3, 0.4) is 0 Å². The zero-order valence-electron chi connectivity index (χ0n) is 14.9. The second kappa shape index (κ2) is 6.50. The Bertz CT molecular complexity index is 871. The summed E-state index contributed by atoms with van der Waals surface area (Å²) in [6, 6.07) is 1.67. The summed E-state index contributed by atoms with van der Waals surface area (Å²) in [6.45, 7) is 5.63. The second-order valence-electron chi connectivity index (χ2n) is 7.21. The first-order chi connectivity index (χ1) is 12.4. The minimum absolute atomic E-state index is 0.0473. The van der Waals surface area contributed by atoms with Crippen LogP contribution < -0.4 is 5.32 Å². The van der Waals surface area contributed by atoms with Gasteiger partial charge in [-0.25, -0.2) is 14.2 Å². The van der Waals surface area contributed by atoms with Gasteiger partial charge in [-0.3, -0.25) is 4.68 Å². The molecule has 0 bridgehead atoms. The zero-order valence-corrected chi connectivity index (χ0v) is 14.9. The molecule has 2 aromatic heterocycles. The van der Waals surface area contributed by atoms with Gasteiger partial charge in [-0.2, -0.15) is 18.3 Å². The number of fused-ring (bicyclic) bond motifs is 1. The maximum absolute atomic E-state index is 14.0. The first-order valence-electron chi connectivity index (χ1n) is 8.24. The highest BCUT2D eigenvalue weighted by Gasteiger charge is 2.34. The van der Waals surface area contributed by atoms with Crippen LogP contribution in [0.1, 0.15) is 44.6 Å². The molecule has 10 heteroatoms. The van der Waals surface area contributed by atoms with Crippen molar-refractivity contribution >= 4 is 6.09 Å². The van der Waals surface area contributed by atoms with Gasteiger partial charge in [0.15, 0.2) is 5.82 Å². The van der Waals surface area contributed by atoms with Crippen molar-refractivity contribution in [1.29, 1.82) is 0 Å². The predicted molar refractivity (Wildman–Crippen MR) is 87.1 cm³/mol. The third kappa shape index (κ3) is 4.20. The number of ether oxygens (including phenoxy) is 1. The van der Waals surface area contributed by atoms with Crippen LogP contribution in [0.4, 0.5) is 22.4 Å². The second-order valence-corrected chi connectivity index (χ2v) is 7.21. The van der Waals surface area contributed by atoms with E-state index < -0.39 is 35.4 Å². The van der Waals surface area contributed by atoms with Gasteiger partial charge in [0.1, 0.15) is 11.3 Å². The lowest BCUT2D eigenvalue weighted by Gasteiger charge is -2.21. The van der Waals surface area contributed by atoms with Crippen LogP contribution in [0, 0.1) is 5.82 Å². The normalized spacial score (nSPS) is 16.9. The lowest BCUT2D eigenvalue weighted by molar-refractivity contribution is -0.141. The molecule has 0 spiro atoms. The molecular weight excluding hydrogens is 368 g/mol. The number of aromatic nitrogens is 3. The number of nitrogens with zero attached hydrogens (tertiary/aromatic N) is 3. The number of carbonyl (C=O) groups excluding carboxylic acids is 1. The van der Waals surface area contributed by atoms with Gasteiger partial charge in [0.25, 0.3) is 0 Å². The van der Waals surface area contributed by atoms with E-state index in [9.17, 15) is 22.4 Å². The molecule has 1 aliphatic rings. The van der Waals surface area contributed by atoms with Gasteiger partial charge in [-0.15, -0.1) is 0 Å². The summed E-state index contributed by atoms with van der Waals surface area (Å²) in [6.07, 6.45) is -4.22. The standard InChI is InChI=1S/C17H18F4N4O2/c1-16(2,3)27-15(26)23-11-4-5-25-13(11)7-12(24-25)9-6-14(17(19,20)21)22-8-10(9)18/h6-8,11H,4-5H2,1-3H3,(H,23,26)/t11-/m0/s1. The lowest BCUT2D eigenvalue weighted by Crippen LogP contribution is -2.34. The Morgan fingerprint density at radius 3 is 2.63 bits per heavy atom. The number of rotatable bonds is 2. The van der Waals surface area contributed by atoms with Gasteiger partial charge in [0, 0.05) is 12.1 Å². The largest absolute Gasteiger partial charge is 0.444 e. The van der Waals surface area contributed by atoms with Gasteiger partial charge in [-0.05, 0) is 39.3 Å². The van der Waals surface area contributed by atoms with E-state index in [1.54, 1.807) is 20.8 Å². The van der Waals surface area contributed by atoms with E-state index >= 15 is 0 Å². The molecular formula is C17H18F4N4O2. The maximum Gasteiger partial charge on any atom is 0.433 e. The molecule has 0 aromatic carbocycles. The Kier molecular flexibility index (Phi) is 4.61. The van der Waals surface area contributed by atoms with Crippen molar-refractivity contribution in [3.8, 4) is 11.3 Å². The molecule has 1 amide bonds. The third-order valence-electron chi connectivity index (χ3n) is 3.91. The van der Waals surface area contributed by atoms with E-state index in [1.165, 1.54) is 10.7 Å². The van der Waals surface area contributed by atoms with Crippen LogP contribution in [0.25, 0.3) is 11.3 Å². The number of alkyl halides is 3. The fourth-order valence-corrected chi connectivity index (χ4v) is 2.81. The number of pyridine rings is 1. The molecule has 1 N–H and O–H groups in total. The van der Waals surface area contributed by atoms with E-state index in [4.69, 9.17) is 4.74 Å². The SMILES string of the molecule is CC(C)(C)OC(=O)N[C@H]1CCn2nc(-c3cc(C(F)(F)F)ncc3F)cc21. The molecule has 6 nitrogen and oxygen atoms in total. The maximum atomic E-state index is 14.0. The third-order valence-corrected chi connectivity index (χ3v) is 3.91. The number of carbonyl (C=O) groups is 1. The van der Waals surface area contributed by atoms with Crippen molar-refractivity contribution in [2.24, 2.45) is 0 Å². The average molecular weight is 386 g/mol. The summed E-state index contributed by atoms with van der Waals surface area (Å²) in [5.74, 6) is -0.906. The first-order valence-corrected chi connectivity index (χ1v) is 8.24. The van der Waals surface area contributed by atoms with Crippen LogP contribution >= 0.6 is 0 Å². The number of hydrogen-bond acceptors (Lipinski definition) is 4. The average Bonchev–Trinajstić information content (AvgIpc) is 3.06. The quantitative estimate of drug-likeness (QED) is 0.790. The number of nitrogens with one attached hydrogen (secondary N) is 1. The molecule has 0 unspecified atom stereocenters. The highest BCUT2D eigenvalue weighted by Crippen LogP contribution is 2.34. The fraction of sp³-hybridized carbons (Fsp3) is 0.471. The topological polar surface area (TPSA) is 69.0 Å².